The summed E-state index contributed by atoms with van der Waals surface area (Å²) in [6.45, 7) is -0.222. The van der Waals surface area contributed by atoms with Crippen LogP contribution in [-0.4, -0.2) is 33.8 Å². The molecule has 4 rings (SSSR count). The minimum atomic E-state index is -0.585. The highest BCUT2D eigenvalue weighted by molar-refractivity contribution is 7.19. The molecule has 1 aliphatic rings. The normalized spacial score (nSPS) is 12.8. The molecule has 3 aromatic rings. The molecule has 1 aliphatic carbocycles. The number of ether oxygens (including phenoxy) is 1. The van der Waals surface area contributed by atoms with E-state index in [0.717, 1.165) is 42.5 Å². The largest absolute Gasteiger partial charge is 0.464 e. The number of nitrogens with one attached hydrogen (secondary N) is 1. The fourth-order valence-electron chi connectivity index (χ4n) is 3.40. The molecule has 0 saturated carbocycles. The first-order chi connectivity index (χ1) is 14.5. The number of amides is 1. The van der Waals surface area contributed by atoms with Crippen molar-refractivity contribution in [2.75, 3.05) is 12.4 Å². The smallest absolute Gasteiger partial charge is 0.358 e. The molecule has 0 bridgehead atoms. The molecule has 0 saturated heterocycles. The summed E-state index contributed by atoms with van der Waals surface area (Å²) in [6.07, 6.45) is 3.74. The van der Waals surface area contributed by atoms with E-state index < -0.39 is 11.9 Å². The Labute approximate surface area is 176 Å². The van der Waals surface area contributed by atoms with Gasteiger partial charge in [0.2, 0.25) is 5.91 Å². The third kappa shape index (κ3) is 4.16. The number of benzene rings is 1. The van der Waals surface area contributed by atoms with Crippen molar-refractivity contribution < 1.29 is 14.3 Å². The molecule has 1 amide bonds. The molecule has 2 heterocycles. The van der Waals surface area contributed by atoms with Crippen LogP contribution in [0.3, 0.4) is 0 Å². The van der Waals surface area contributed by atoms with Gasteiger partial charge in [-0.1, -0.05) is 41.7 Å². The minimum Gasteiger partial charge on any atom is -0.464 e. The first-order valence-corrected chi connectivity index (χ1v) is 10.4. The van der Waals surface area contributed by atoms with E-state index in [9.17, 15) is 14.4 Å². The van der Waals surface area contributed by atoms with E-state index >= 15 is 0 Å². The van der Waals surface area contributed by atoms with Crippen LogP contribution in [0, 0.1) is 0 Å². The van der Waals surface area contributed by atoms with Crippen LogP contribution >= 0.6 is 11.3 Å². The lowest BCUT2D eigenvalue weighted by atomic mass is 9.97. The van der Waals surface area contributed by atoms with Gasteiger partial charge in [0.05, 0.1) is 17.7 Å². The molecule has 0 unspecified atom stereocenters. The number of carbonyl (C=O) groups excluding carboxylic acids is 2. The second-order valence-corrected chi connectivity index (χ2v) is 7.92. The first-order valence-electron chi connectivity index (χ1n) is 9.59. The topological polar surface area (TPSA) is 103 Å². The van der Waals surface area contributed by atoms with E-state index in [1.54, 1.807) is 6.07 Å². The van der Waals surface area contributed by atoms with E-state index in [-0.39, 0.29) is 22.9 Å². The number of hydrogen-bond donors (Lipinski definition) is 1. The van der Waals surface area contributed by atoms with Gasteiger partial charge in [0.1, 0.15) is 6.54 Å². The van der Waals surface area contributed by atoms with Crippen LogP contribution in [0.2, 0.25) is 0 Å². The summed E-state index contributed by atoms with van der Waals surface area (Å²) in [5, 5.41) is 7.28. The molecular formula is C21H20N4O4S. The molecule has 0 atom stereocenters. The molecule has 0 spiro atoms. The van der Waals surface area contributed by atoms with Gasteiger partial charge in [-0.3, -0.25) is 9.59 Å². The summed E-state index contributed by atoms with van der Waals surface area (Å²) < 4.78 is 5.99. The standard InChI is InChI=1S/C21H20N4O4S/c1-29-20(28)18-19(13-7-3-2-4-8-13)30-21(23-18)22-16(26)12-25-17(27)11-14-9-5-6-10-15(14)24-25/h2-4,7-8,11H,5-6,9-10,12H2,1H3,(H,22,23,26). The number of aromatic nitrogens is 3. The van der Waals surface area contributed by atoms with Gasteiger partial charge in [0, 0.05) is 6.07 Å². The van der Waals surface area contributed by atoms with Crippen LogP contribution in [0.1, 0.15) is 34.6 Å². The summed E-state index contributed by atoms with van der Waals surface area (Å²) >= 11 is 1.17. The second kappa shape index (κ2) is 8.58. The van der Waals surface area contributed by atoms with Gasteiger partial charge in [-0.25, -0.2) is 14.5 Å². The lowest BCUT2D eigenvalue weighted by Crippen LogP contribution is -2.31. The van der Waals surface area contributed by atoms with E-state index in [0.29, 0.717) is 4.88 Å². The molecule has 0 aliphatic heterocycles. The monoisotopic (exact) mass is 424 g/mol. The Morgan fingerprint density at radius 2 is 1.97 bits per heavy atom. The van der Waals surface area contributed by atoms with Crippen LogP contribution in [0.5, 0.6) is 0 Å². The maximum absolute atomic E-state index is 12.5. The third-order valence-corrected chi connectivity index (χ3v) is 5.88. The van der Waals surface area contributed by atoms with E-state index in [1.807, 2.05) is 30.3 Å². The Morgan fingerprint density at radius 3 is 2.73 bits per heavy atom. The highest BCUT2D eigenvalue weighted by atomic mass is 32.1. The number of rotatable bonds is 5. The summed E-state index contributed by atoms with van der Waals surface area (Å²) in [7, 11) is 1.28. The quantitative estimate of drug-likeness (QED) is 0.632. The molecule has 0 fully saturated rings. The van der Waals surface area contributed by atoms with Gasteiger partial charge in [-0.15, -0.1) is 0 Å². The van der Waals surface area contributed by atoms with E-state index in [4.69, 9.17) is 4.74 Å². The fraction of sp³-hybridized carbons (Fsp3) is 0.286. The number of nitrogens with zero attached hydrogens (tertiary/aromatic N) is 3. The molecule has 154 valence electrons. The number of anilines is 1. The molecule has 2 aromatic heterocycles. The molecule has 8 nitrogen and oxygen atoms in total. The van der Waals surface area contributed by atoms with Crippen molar-refractivity contribution in [3.8, 4) is 10.4 Å². The van der Waals surface area contributed by atoms with Crippen LogP contribution in [0.25, 0.3) is 10.4 Å². The highest BCUT2D eigenvalue weighted by Gasteiger charge is 2.21. The maximum Gasteiger partial charge on any atom is 0.358 e. The predicted molar refractivity (Wildman–Crippen MR) is 113 cm³/mol. The second-order valence-electron chi connectivity index (χ2n) is 6.92. The summed E-state index contributed by atoms with van der Waals surface area (Å²) in [5.74, 6) is -1.02. The van der Waals surface area contributed by atoms with Gasteiger partial charge >= 0.3 is 5.97 Å². The molecule has 1 N–H and O–H groups in total. The highest BCUT2D eigenvalue weighted by Crippen LogP contribution is 2.33. The van der Waals surface area contributed by atoms with Crippen molar-refractivity contribution in [1.82, 2.24) is 14.8 Å². The van der Waals surface area contributed by atoms with Crippen molar-refractivity contribution in [2.24, 2.45) is 0 Å². The summed E-state index contributed by atoms with van der Waals surface area (Å²) in [5.41, 5.74) is 2.47. The Hall–Kier alpha value is -3.33. The first kappa shape index (κ1) is 20.0. The van der Waals surface area contributed by atoms with Crippen LogP contribution in [0.15, 0.2) is 41.2 Å². The zero-order valence-electron chi connectivity index (χ0n) is 16.4. The molecule has 9 heteroatoms. The lowest BCUT2D eigenvalue weighted by Gasteiger charge is -2.15. The number of fused-ring (bicyclic) bond motifs is 1. The predicted octanol–water partition coefficient (Wildman–Crippen LogP) is 2.67. The number of methoxy groups -OCH3 is 1. The van der Waals surface area contributed by atoms with Crippen molar-refractivity contribution in [2.45, 2.75) is 32.2 Å². The number of thiazole rings is 1. The SMILES string of the molecule is COC(=O)c1nc(NC(=O)Cn2nc3c(cc2=O)CCCC3)sc1-c1ccccc1. The van der Waals surface area contributed by atoms with Gasteiger partial charge in [-0.2, -0.15) is 5.10 Å². The van der Waals surface area contributed by atoms with E-state index in [1.165, 1.54) is 23.1 Å². The lowest BCUT2D eigenvalue weighted by molar-refractivity contribution is -0.117. The van der Waals surface area contributed by atoms with Crippen LogP contribution in [-0.2, 0) is 28.9 Å². The minimum absolute atomic E-state index is 0.132. The zero-order chi connectivity index (χ0) is 21.1. The summed E-state index contributed by atoms with van der Waals surface area (Å²) in [6, 6.07) is 10.8. The van der Waals surface area contributed by atoms with Gasteiger partial charge in [-0.05, 0) is 36.8 Å². The Kier molecular flexibility index (Phi) is 5.71. The molecule has 30 heavy (non-hydrogen) atoms. The average molecular weight is 424 g/mol. The Morgan fingerprint density at radius 1 is 1.20 bits per heavy atom. The van der Waals surface area contributed by atoms with Crippen molar-refractivity contribution in [3.63, 3.8) is 0 Å². The van der Waals surface area contributed by atoms with Gasteiger partial charge in [0.25, 0.3) is 5.56 Å². The number of aryl methyl sites for hydroxylation is 2. The zero-order valence-corrected chi connectivity index (χ0v) is 17.2. The van der Waals surface area contributed by atoms with Crippen molar-refractivity contribution in [3.05, 3.63) is 63.7 Å². The average Bonchev–Trinajstić information content (AvgIpc) is 3.18. The summed E-state index contributed by atoms with van der Waals surface area (Å²) in [4.78, 5) is 41.8. The third-order valence-electron chi connectivity index (χ3n) is 4.86. The van der Waals surface area contributed by atoms with Gasteiger partial charge in [0.15, 0.2) is 10.8 Å². The van der Waals surface area contributed by atoms with Crippen molar-refractivity contribution in [1.29, 1.82) is 0 Å². The Bertz CT molecular complexity index is 1150. The number of esters is 1. The molecule has 0 radical (unpaired) electrons. The van der Waals surface area contributed by atoms with Crippen LogP contribution in [0.4, 0.5) is 5.13 Å². The maximum atomic E-state index is 12.5. The number of hydrogen-bond acceptors (Lipinski definition) is 7. The van der Waals surface area contributed by atoms with Crippen LogP contribution < -0.4 is 10.9 Å². The molecular weight excluding hydrogens is 404 g/mol. The van der Waals surface area contributed by atoms with Gasteiger partial charge < -0.3 is 10.1 Å². The number of carbonyl (C=O) groups is 2. The van der Waals surface area contributed by atoms with Crippen molar-refractivity contribution >= 4 is 28.3 Å². The fourth-order valence-corrected chi connectivity index (χ4v) is 4.38. The Balaban J connectivity index is 1.56. The molecule has 1 aromatic carbocycles. The van der Waals surface area contributed by atoms with E-state index in [2.05, 4.69) is 15.4 Å².